The highest BCUT2D eigenvalue weighted by atomic mass is 32.1. The van der Waals surface area contributed by atoms with Gasteiger partial charge in [-0.25, -0.2) is 4.98 Å². The van der Waals surface area contributed by atoms with Gasteiger partial charge in [-0.1, -0.05) is 13.8 Å². The van der Waals surface area contributed by atoms with Gasteiger partial charge < -0.3 is 11.1 Å². The third kappa shape index (κ3) is 2.81. The van der Waals surface area contributed by atoms with Crippen molar-refractivity contribution >= 4 is 27.8 Å². The van der Waals surface area contributed by atoms with Crippen LogP contribution in [0.4, 0.5) is 5.13 Å². The molecule has 3 N–H and O–H groups in total. The summed E-state index contributed by atoms with van der Waals surface area (Å²) >= 11 is 3.20. The van der Waals surface area contributed by atoms with Gasteiger partial charge >= 0.3 is 0 Å². The van der Waals surface area contributed by atoms with E-state index >= 15 is 0 Å². The van der Waals surface area contributed by atoms with E-state index in [1.165, 1.54) is 21.8 Å². The largest absolute Gasteiger partial charge is 0.375 e. The number of nitrogens with one attached hydrogen (secondary N) is 1. The van der Waals surface area contributed by atoms with Crippen LogP contribution in [0.3, 0.4) is 0 Å². The van der Waals surface area contributed by atoms with Gasteiger partial charge in [-0.05, 0) is 17.0 Å². The van der Waals surface area contributed by atoms with E-state index in [1.807, 2.05) is 5.38 Å². The minimum Gasteiger partial charge on any atom is -0.375 e. The molecular formula is C11H15N3S2. The maximum atomic E-state index is 5.62. The third-order valence-electron chi connectivity index (χ3n) is 2.14. The normalized spacial score (nSPS) is 11.2. The molecule has 0 radical (unpaired) electrons. The standard InChI is InChI=1S/C11H15N3S2/c1-7(2)13-4-8-3-10(15-5-8)9-6-16-11(12)14-9/h3,5-7,13H,4H2,1-2H3,(H2,12,14). The SMILES string of the molecule is CC(C)NCc1csc(-c2csc(N)n2)c1. The summed E-state index contributed by atoms with van der Waals surface area (Å²) in [5.74, 6) is 0. The Morgan fingerprint density at radius 3 is 2.81 bits per heavy atom. The molecule has 16 heavy (non-hydrogen) atoms. The molecule has 0 fully saturated rings. The zero-order valence-electron chi connectivity index (χ0n) is 9.36. The van der Waals surface area contributed by atoms with Crippen LogP contribution in [-0.4, -0.2) is 11.0 Å². The Kier molecular flexibility index (Phi) is 3.58. The first-order valence-electron chi connectivity index (χ1n) is 5.17. The van der Waals surface area contributed by atoms with E-state index in [-0.39, 0.29) is 0 Å². The lowest BCUT2D eigenvalue weighted by Gasteiger charge is -2.05. The molecule has 0 unspecified atom stereocenters. The molecule has 2 aromatic heterocycles. The molecule has 0 saturated heterocycles. The molecule has 0 atom stereocenters. The molecule has 0 amide bonds. The highest BCUT2D eigenvalue weighted by molar-refractivity contribution is 7.15. The fourth-order valence-electron chi connectivity index (χ4n) is 1.33. The zero-order valence-corrected chi connectivity index (χ0v) is 11.0. The van der Waals surface area contributed by atoms with Crippen molar-refractivity contribution in [3.05, 3.63) is 22.4 Å². The monoisotopic (exact) mass is 253 g/mol. The van der Waals surface area contributed by atoms with E-state index in [1.54, 1.807) is 11.3 Å². The smallest absolute Gasteiger partial charge is 0.180 e. The molecular weight excluding hydrogens is 238 g/mol. The van der Waals surface area contributed by atoms with Crippen LogP contribution < -0.4 is 11.1 Å². The number of rotatable bonds is 4. The summed E-state index contributed by atoms with van der Waals surface area (Å²) in [5, 5.41) is 8.19. The quantitative estimate of drug-likeness (QED) is 0.881. The number of aromatic nitrogens is 1. The van der Waals surface area contributed by atoms with Gasteiger partial charge in [0.25, 0.3) is 0 Å². The molecule has 0 spiro atoms. The summed E-state index contributed by atoms with van der Waals surface area (Å²) in [6.45, 7) is 5.20. The summed E-state index contributed by atoms with van der Waals surface area (Å²) < 4.78 is 0. The van der Waals surface area contributed by atoms with Crippen LogP contribution >= 0.6 is 22.7 Å². The minimum atomic E-state index is 0.512. The van der Waals surface area contributed by atoms with Gasteiger partial charge in [-0.15, -0.1) is 22.7 Å². The van der Waals surface area contributed by atoms with Crippen LogP contribution in [0.1, 0.15) is 19.4 Å². The number of hydrogen-bond acceptors (Lipinski definition) is 5. The number of nitrogens with zero attached hydrogens (tertiary/aromatic N) is 1. The molecule has 3 nitrogen and oxygen atoms in total. The third-order valence-corrected chi connectivity index (χ3v) is 3.82. The first-order valence-corrected chi connectivity index (χ1v) is 6.93. The van der Waals surface area contributed by atoms with Gasteiger partial charge in [-0.2, -0.15) is 0 Å². The molecule has 0 aliphatic rings. The van der Waals surface area contributed by atoms with Crippen LogP contribution in [0.2, 0.25) is 0 Å². The van der Waals surface area contributed by atoms with Gasteiger partial charge in [0.15, 0.2) is 5.13 Å². The molecule has 0 bridgehead atoms. The van der Waals surface area contributed by atoms with E-state index in [4.69, 9.17) is 5.73 Å². The van der Waals surface area contributed by atoms with Crippen molar-refractivity contribution in [2.75, 3.05) is 5.73 Å². The summed E-state index contributed by atoms with van der Waals surface area (Å²) in [5.41, 5.74) is 7.92. The first-order chi connectivity index (χ1) is 7.65. The summed E-state index contributed by atoms with van der Waals surface area (Å²) in [6, 6.07) is 2.69. The lowest BCUT2D eigenvalue weighted by Crippen LogP contribution is -2.21. The molecule has 0 saturated carbocycles. The predicted octanol–water partition coefficient (Wildman–Crippen LogP) is 2.95. The van der Waals surface area contributed by atoms with Crippen LogP contribution in [0.15, 0.2) is 16.8 Å². The number of nitrogen functional groups attached to an aromatic ring is 1. The lowest BCUT2D eigenvalue weighted by molar-refractivity contribution is 0.590. The maximum Gasteiger partial charge on any atom is 0.180 e. The molecule has 0 aliphatic heterocycles. The molecule has 86 valence electrons. The predicted molar refractivity (Wildman–Crippen MR) is 71.8 cm³/mol. The summed E-state index contributed by atoms with van der Waals surface area (Å²) in [7, 11) is 0. The van der Waals surface area contributed by atoms with Crippen LogP contribution in [-0.2, 0) is 6.54 Å². The van der Waals surface area contributed by atoms with Crippen molar-refractivity contribution in [1.82, 2.24) is 10.3 Å². The first kappa shape index (κ1) is 11.6. The molecule has 0 aliphatic carbocycles. The van der Waals surface area contributed by atoms with Crippen molar-refractivity contribution in [1.29, 1.82) is 0 Å². The number of hydrogen-bond donors (Lipinski definition) is 2. The second-order valence-corrected chi connectivity index (χ2v) is 5.73. The Bertz CT molecular complexity index is 459. The highest BCUT2D eigenvalue weighted by Crippen LogP contribution is 2.29. The zero-order chi connectivity index (χ0) is 11.5. The summed E-state index contributed by atoms with van der Waals surface area (Å²) in [4.78, 5) is 5.46. The van der Waals surface area contributed by atoms with E-state index < -0.39 is 0 Å². The topological polar surface area (TPSA) is 50.9 Å². The average Bonchev–Trinajstić information content (AvgIpc) is 2.83. The number of thiophene rings is 1. The Hall–Kier alpha value is -0.910. The minimum absolute atomic E-state index is 0.512. The average molecular weight is 253 g/mol. The molecule has 2 heterocycles. The Balaban J connectivity index is 2.07. The Morgan fingerprint density at radius 1 is 1.38 bits per heavy atom. The number of thiazole rings is 1. The highest BCUT2D eigenvalue weighted by Gasteiger charge is 2.06. The van der Waals surface area contributed by atoms with E-state index in [0.29, 0.717) is 11.2 Å². The fraction of sp³-hybridized carbons (Fsp3) is 0.364. The lowest BCUT2D eigenvalue weighted by atomic mass is 10.2. The van der Waals surface area contributed by atoms with Gasteiger partial charge in [0, 0.05) is 18.0 Å². The molecule has 0 aromatic carbocycles. The molecule has 2 rings (SSSR count). The summed E-state index contributed by atoms with van der Waals surface area (Å²) in [6.07, 6.45) is 0. The van der Waals surface area contributed by atoms with Crippen molar-refractivity contribution in [3.63, 3.8) is 0 Å². The number of nitrogens with two attached hydrogens (primary N) is 1. The van der Waals surface area contributed by atoms with Gasteiger partial charge in [-0.3, -0.25) is 0 Å². The fourth-order valence-corrected chi connectivity index (χ4v) is 2.84. The maximum absolute atomic E-state index is 5.62. The van der Waals surface area contributed by atoms with Crippen molar-refractivity contribution in [2.24, 2.45) is 0 Å². The van der Waals surface area contributed by atoms with Crippen LogP contribution in [0.25, 0.3) is 10.6 Å². The van der Waals surface area contributed by atoms with E-state index in [0.717, 1.165) is 12.2 Å². The van der Waals surface area contributed by atoms with Crippen molar-refractivity contribution in [2.45, 2.75) is 26.4 Å². The van der Waals surface area contributed by atoms with E-state index in [2.05, 4.69) is 35.6 Å². The molecule has 2 aromatic rings. The van der Waals surface area contributed by atoms with Crippen LogP contribution in [0, 0.1) is 0 Å². The van der Waals surface area contributed by atoms with Gasteiger partial charge in [0.1, 0.15) is 0 Å². The van der Waals surface area contributed by atoms with Gasteiger partial charge in [0.2, 0.25) is 0 Å². The Morgan fingerprint density at radius 2 is 2.19 bits per heavy atom. The Labute approximate surface area is 103 Å². The van der Waals surface area contributed by atoms with Crippen molar-refractivity contribution < 1.29 is 0 Å². The van der Waals surface area contributed by atoms with Crippen LogP contribution in [0.5, 0.6) is 0 Å². The van der Waals surface area contributed by atoms with Crippen molar-refractivity contribution in [3.8, 4) is 10.6 Å². The number of anilines is 1. The van der Waals surface area contributed by atoms with E-state index in [9.17, 15) is 0 Å². The second-order valence-electron chi connectivity index (χ2n) is 3.93. The molecule has 5 heteroatoms. The second kappa shape index (κ2) is 4.95. The van der Waals surface area contributed by atoms with Gasteiger partial charge in [0.05, 0.1) is 10.6 Å².